The summed E-state index contributed by atoms with van der Waals surface area (Å²) < 4.78 is 6.55. The van der Waals surface area contributed by atoms with Crippen molar-refractivity contribution in [2.45, 2.75) is 24.7 Å². The Morgan fingerprint density at radius 3 is 1.96 bits per heavy atom. The average molecular weight is 394 g/mol. The van der Waals surface area contributed by atoms with Gasteiger partial charge in [0.25, 0.3) is 0 Å². The van der Waals surface area contributed by atoms with Crippen LogP contribution in [0.25, 0.3) is 11.1 Å². The third-order valence-corrected chi connectivity index (χ3v) is 5.56. The number of hydrogen-bond donors (Lipinski definition) is 2. The first-order valence-corrected chi connectivity index (χ1v) is 9.44. The van der Waals surface area contributed by atoms with E-state index in [0.29, 0.717) is 5.02 Å². The highest BCUT2D eigenvalue weighted by Gasteiger charge is 2.47. The van der Waals surface area contributed by atoms with E-state index < -0.39 is 23.7 Å². The van der Waals surface area contributed by atoms with Gasteiger partial charge in [0.2, 0.25) is 0 Å². The molecule has 0 saturated carbocycles. The zero-order chi connectivity index (χ0) is 19.9. The lowest BCUT2D eigenvalue weighted by Gasteiger charge is -2.36. The van der Waals surface area contributed by atoms with Crippen molar-refractivity contribution in [2.24, 2.45) is 5.73 Å². The number of nitrogens with two attached hydrogens (primary N) is 1. The first-order valence-electron chi connectivity index (χ1n) is 9.07. The maximum absolute atomic E-state index is 11.5. The normalized spacial score (nSPS) is 16.1. The molecule has 1 unspecified atom stereocenters. The molecular weight excluding hydrogens is 374 g/mol. The van der Waals surface area contributed by atoms with Crippen molar-refractivity contribution in [2.75, 3.05) is 0 Å². The Hall–Kier alpha value is -2.66. The number of ether oxygens (including phenoxy) is 1. The molecule has 4 nitrogen and oxygen atoms in total. The fraction of sp³-hybridized carbons (Fsp3) is 0.174. The van der Waals surface area contributed by atoms with E-state index in [1.807, 2.05) is 60.7 Å². The summed E-state index contributed by atoms with van der Waals surface area (Å²) in [7, 11) is 0. The average Bonchev–Trinajstić information content (AvgIpc) is 2.99. The third kappa shape index (κ3) is 2.81. The van der Waals surface area contributed by atoms with Crippen LogP contribution in [0.3, 0.4) is 0 Å². The molecule has 0 heterocycles. The molecule has 4 rings (SSSR count). The summed E-state index contributed by atoms with van der Waals surface area (Å²) in [4.78, 5) is 11.5. The summed E-state index contributed by atoms with van der Waals surface area (Å²) in [5, 5.41) is 10.0. The topological polar surface area (TPSA) is 72.5 Å². The molecule has 3 N–H and O–H groups in total. The SMILES string of the molecule is CC(OC1(c2ccc(Cl)cc2)c2ccccc2-c2ccccc21)[C@H](N)C(=O)O. The quantitative estimate of drug-likeness (QED) is 0.672. The number of aliphatic carboxylic acids is 1. The molecule has 3 aromatic carbocycles. The molecule has 2 atom stereocenters. The highest BCUT2D eigenvalue weighted by molar-refractivity contribution is 6.30. The number of hydrogen-bond acceptors (Lipinski definition) is 3. The van der Waals surface area contributed by atoms with Gasteiger partial charge in [0.1, 0.15) is 11.6 Å². The standard InChI is InChI=1S/C23H20ClNO3/c1-14(21(25)22(26)27)28-23(15-10-12-16(24)13-11-15)19-8-4-2-6-17(19)18-7-3-5-9-20(18)23/h2-14,21H,25H2,1H3,(H,26,27)/t14?,21-/m0/s1. The number of carboxylic acid groups (broad SMARTS) is 1. The van der Waals surface area contributed by atoms with E-state index in [4.69, 9.17) is 22.1 Å². The van der Waals surface area contributed by atoms with E-state index in [2.05, 4.69) is 12.1 Å². The van der Waals surface area contributed by atoms with Gasteiger partial charge in [0.05, 0.1) is 6.10 Å². The molecule has 1 aliphatic rings. The Morgan fingerprint density at radius 2 is 1.46 bits per heavy atom. The van der Waals surface area contributed by atoms with Gasteiger partial charge in [-0.2, -0.15) is 0 Å². The van der Waals surface area contributed by atoms with Crippen molar-refractivity contribution in [1.82, 2.24) is 0 Å². The van der Waals surface area contributed by atoms with Gasteiger partial charge >= 0.3 is 5.97 Å². The van der Waals surface area contributed by atoms with Crippen molar-refractivity contribution in [3.05, 3.63) is 94.5 Å². The molecule has 142 valence electrons. The lowest BCUT2D eigenvalue weighted by Crippen LogP contribution is -2.46. The zero-order valence-electron chi connectivity index (χ0n) is 15.3. The Kier molecular flexibility index (Phi) is 4.71. The van der Waals surface area contributed by atoms with Crippen LogP contribution in [0, 0.1) is 0 Å². The smallest absolute Gasteiger partial charge is 0.323 e. The minimum absolute atomic E-state index is 0.619. The molecule has 5 heteroatoms. The maximum Gasteiger partial charge on any atom is 0.323 e. The molecule has 0 saturated heterocycles. The fourth-order valence-corrected chi connectivity index (χ4v) is 4.06. The van der Waals surface area contributed by atoms with Gasteiger partial charge in [-0.3, -0.25) is 4.79 Å². The first kappa shape index (κ1) is 18.7. The van der Waals surface area contributed by atoms with E-state index in [1.165, 1.54) is 0 Å². The van der Waals surface area contributed by atoms with Gasteiger partial charge in [-0.05, 0) is 35.7 Å². The number of halogens is 1. The zero-order valence-corrected chi connectivity index (χ0v) is 16.1. The van der Waals surface area contributed by atoms with Gasteiger partial charge < -0.3 is 15.6 Å². The summed E-state index contributed by atoms with van der Waals surface area (Å²) in [6, 6.07) is 22.3. The van der Waals surface area contributed by atoms with E-state index in [0.717, 1.165) is 27.8 Å². The monoisotopic (exact) mass is 393 g/mol. The van der Waals surface area contributed by atoms with Crippen LogP contribution < -0.4 is 5.73 Å². The van der Waals surface area contributed by atoms with E-state index >= 15 is 0 Å². The molecular formula is C23H20ClNO3. The Labute approximate surface area is 168 Å². The first-order chi connectivity index (χ1) is 13.4. The number of benzene rings is 3. The van der Waals surface area contributed by atoms with Crippen LogP contribution in [0.2, 0.25) is 5.02 Å². The number of carbonyl (C=O) groups is 1. The van der Waals surface area contributed by atoms with Crippen LogP contribution in [-0.2, 0) is 15.1 Å². The summed E-state index contributed by atoms with van der Waals surface area (Å²) in [6.45, 7) is 1.69. The van der Waals surface area contributed by atoms with Crippen molar-refractivity contribution in [1.29, 1.82) is 0 Å². The van der Waals surface area contributed by atoms with E-state index in [1.54, 1.807) is 6.92 Å². The van der Waals surface area contributed by atoms with Gasteiger partial charge in [-0.25, -0.2) is 0 Å². The predicted octanol–water partition coefficient (Wildman–Crippen LogP) is 4.43. The van der Waals surface area contributed by atoms with Crippen LogP contribution in [0.5, 0.6) is 0 Å². The molecule has 0 spiro atoms. The highest BCUT2D eigenvalue weighted by Crippen LogP contribution is 2.53. The van der Waals surface area contributed by atoms with Crippen LogP contribution in [0.1, 0.15) is 23.6 Å². The third-order valence-electron chi connectivity index (χ3n) is 5.31. The lowest BCUT2D eigenvalue weighted by atomic mass is 9.83. The minimum Gasteiger partial charge on any atom is -0.480 e. The number of rotatable bonds is 5. The largest absolute Gasteiger partial charge is 0.480 e. The molecule has 0 amide bonds. The molecule has 0 fully saturated rings. The van der Waals surface area contributed by atoms with Crippen molar-refractivity contribution in [3.8, 4) is 11.1 Å². The molecule has 0 bridgehead atoms. The van der Waals surface area contributed by atoms with Crippen molar-refractivity contribution in [3.63, 3.8) is 0 Å². The summed E-state index contributed by atoms with van der Waals surface area (Å²) in [5.41, 5.74) is 9.84. The predicted molar refractivity (Wildman–Crippen MR) is 109 cm³/mol. The second-order valence-corrected chi connectivity index (χ2v) is 7.40. The van der Waals surface area contributed by atoms with Crippen LogP contribution in [0.4, 0.5) is 0 Å². The van der Waals surface area contributed by atoms with Gasteiger partial charge in [-0.1, -0.05) is 72.3 Å². The molecule has 28 heavy (non-hydrogen) atoms. The Bertz CT molecular complexity index is 987. The minimum atomic E-state index is -1.15. The maximum atomic E-state index is 11.5. The van der Waals surface area contributed by atoms with Crippen LogP contribution >= 0.6 is 11.6 Å². The second kappa shape index (κ2) is 7.06. The van der Waals surface area contributed by atoms with E-state index in [9.17, 15) is 9.90 Å². The van der Waals surface area contributed by atoms with Gasteiger partial charge in [-0.15, -0.1) is 0 Å². The molecule has 0 aromatic heterocycles. The van der Waals surface area contributed by atoms with Crippen molar-refractivity contribution < 1.29 is 14.6 Å². The molecule has 3 aromatic rings. The molecule has 0 aliphatic heterocycles. The Balaban J connectivity index is 1.99. The molecule has 1 aliphatic carbocycles. The number of carboxylic acids is 1. The summed E-state index contributed by atoms with van der Waals surface area (Å²) in [5.74, 6) is -1.10. The summed E-state index contributed by atoms with van der Waals surface area (Å²) >= 11 is 6.12. The van der Waals surface area contributed by atoms with Gasteiger partial charge in [0, 0.05) is 16.1 Å². The second-order valence-electron chi connectivity index (χ2n) is 6.97. The lowest BCUT2D eigenvalue weighted by molar-refractivity contribution is -0.144. The van der Waals surface area contributed by atoms with Crippen LogP contribution in [0.15, 0.2) is 72.8 Å². The molecule has 0 radical (unpaired) electrons. The highest BCUT2D eigenvalue weighted by atomic mass is 35.5. The number of fused-ring (bicyclic) bond motifs is 3. The Morgan fingerprint density at radius 1 is 0.964 bits per heavy atom. The van der Waals surface area contributed by atoms with E-state index in [-0.39, 0.29) is 0 Å². The fourth-order valence-electron chi connectivity index (χ4n) is 3.94. The van der Waals surface area contributed by atoms with Gasteiger partial charge in [0.15, 0.2) is 0 Å². The van der Waals surface area contributed by atoms with Crippen molar-refractivity contribution >= 4 is 17.6 Å². The van der Waals surface area contributed by atoms with Crippen LogP contribution in [-0.4, -0.2) is 23.2 Å². The summed E-state index contributed by atoms with van der Waals surface area (Å²) in [6.07, 6.45) is -0.729.